The van der Waals surface area contributed by atoms with E-state index in [4.69, 9.17) is 16.3 Å². The molecule has 1 heterocycles. The van der Waals surface area contributed by atoms with E-state index >= 15 is 0 Å². The molecule has 3 aromatic rings. The van der Waals surface area contributed by atoms with E-state index in [2.05, 4.69) is 53.0 Å². The number of carbonyl (C=O) groups excluding carboxylic acids is 2. The van der Waals surface area contributed by atoms with Crippen molar-refractivity contribution in [3.8, 4) is 11.5 Å². The van der Waals surface area contributed by atoms with E-state index in [0.717, 1.165) is 29.5 Å². The summed E-state index contributed by atoms with van der Waals surface area (Å²) >= 11 is 6.32. The molecule has 0 aromatic heterocycles. The van der Waals surface area contributed by atoms with Crippen LogP contribution < -0.4 is 0 Å². The third-order valence-electron chi connectivity index (χ3n) is 10.3. The SMILES string of the molecule is CC(=O)c1ccc2c(c1)C(=O)N(Cc1ccc(C#C[Si](C(C)C)(C(C)C)C(C)C)cc1)C2(OCC1(CO)CC1)c1ccc(Cl)cc1. The summed E-state index contributed by atoms with van der Waals surface area (Å²) in [5, 5.41) is 10.7. The lowest BCUT2D eigenvalue weighted by molar-refractivity contribution is -0.128. The molecule has 1 unspecified atom stereocenters. The number of aliphatic hydroxyl groups excluding tert-OH is 1. The molecule has 5 nitrogen and oxygen atoms in total. The quantitative estimate of drug-likeness (QED) is 0.127. The average molecular weight is 656 g/mol. The van der Waals surface area contributed by atoms with Crippen molar-refractivity contribution < 1.29 is 19.4 Å². The molecular formula is C39H46ClNO4Si. The zero-order chi connectivity index (χ0) is 33.4. The van der Waals surface area contributed by atoms with E-state index in [1.807, 2.05) is 42.5 Å². The lowest BCUT2D eigenvalue weighted by atomic mass is 9.91. The Labute approximate surface area is 280 Å². The number of aliphatic hydroxyl groups is 1. The number of hydrogen-bond acceptors (Lipinski definition) is 4. The zero-order valence-corrected chi connectivity index (χ0v) is 29.9. The smallest absolute Gasteiger partial charge is 0.257 e. The average Bonchev–Trinajstić information content (AvgIpc) is 3.77. The largest absolute Gasteiger partial charge is 0.396 e. The molecule has 0 spiro atoms. The van der Waals surface area contributed by atoms with E-state index in [1.54, 1.807) is 29.2 Å². The molecule has 1 fully saturated rings. The van der Waals surface area contributed by atoms with Gasteiger partial charge in [0.05, 0.1) is 13.2 Å². The first-order chi connectivity index (χ1) is 21.8. The summed E-state index contributed by atoms with van der Waals surface area (Å²) in [6.07, 6.45) is 1.72. The zero-order valence-electron chi connectivity index (χ0n) is 28.1. The highest BCUT2D eigenvalue weighted by Gasteiger charge is 2.55. The number of ketones is 1. The molecule has 1 aliphatic carbocycles. The number of halogens is 1. The first kappa shape index (κ1) is 34.1. The van der Waals surface area contributed by atoms with Crippen molar-refractivity contribution in [1.82, 2.24) is 4.90 Å². The fraction of sp³-hybridized carbons (Fsp3) is 0.436. The van der Waals surface area contributed by atoms with Crippen LogP contribution in [0.15, 0.2) is 66.7 Å². The van der Waals surface area contributed by atoms with Crippen molar-refractivity contribution in [2.45, 2.75) is 90.2 Å². The van der Waals surface area contributed by atoms with Crippen molar-refractivity contribution in [2.24, 2.45) is 5.41 Å². The Morgan fingerprint density at radius 1 is 0.957 bits per heavy atom. The number of amides is 1. The third kappa shape index (κ3) is 6.11. The van der Waals surface area contributed by atoms with Crippen molar-refractivity contribution in [3.05, 3.63) is 105 Å². The van der Waals surface area contributed by atoms with Gasteiger partial charge >= 0.3 is 0 Å². The lowest BCUT2D eigenvalue weighted by Crippen LogP contribution is -2.47. The second kappa shape index (κ2) is 13.1. The summed E-state index contributed by atoms with van der Waals surface area (Å²) in [6, 6.07) is 20.8. The van der Waals surface area contributed by atoms with Gasteiger partial charge in [-0.25, -0.2) is 0 Å². The Morgan fingerprint density at radius 3 is 2.09 bits per heavy atom. The van der Waals surface area contributed by atoms with Gasteiger partial charge in [-0.05, 0) is 72.3 Å². The molecule has 5 rings (SSSR count). The number of ether oxygens (including phenoxy) is 1. The molecule has 0 saturated heterocycles. The molecule has 0 radical (unpaired) electrons. The molecule has 242 valence electrons. The molecule has 1 amide bonds. The van der Waals surface area contributed by atoms with Gasteiger partial charge in [-0.15, -0.1) is 5.54 Å². The van der Waals surface area contributed by atoms with Crippen LogP contribution >= 0.6 is 11.6 Å². The van der Waals surface area contributed by atoms with Crippen LogP contribution in [0, 0.1) is 16.9 Å². The number of carbonyl (C=O) groups is 2. The van der Waals surface area contributed by atoms with E-state index in [0.29, 0.717) is 38.3 Å². The molecule has 0 bridgehead atoms. The van der Waals surface area contributed by atoms with E-state index in [9.17, 15) is 14.7 Å². The maximum Gasteiger partial charge on any atom is 0.257 e. The number of Topliss-reactive ketones (excluding diaryl/α,β-unsaturated/α-hetero) is 1. The lowest BCUT2D eigenvalue weighted by Gasteiger charge is -2.40. The number of rotatable bonds is 11. The van der Waals surface area contributed by atoms with Gasteiger partial charge in [0.1, 0.15) is 8.07 Å². The maximum absolute atomic E-state index is 14.4. The third-order valence-corrected chi connectivity index (χ3v) is 16.9. The summed E-state index contributed by atoms with van der Waals surface area (Å²) < 4.78 is 6.88. The van der Waals surface area contributed by atoms with E-state index in [-0.39, 0.29) is 36.9 Å². The molecule has 1 N–H and O–H groups in total. The van der Waals surface area contributed by atoms with Crippen molar-refractivity contribution >= 4 is 31.4 Å². The monoisotopic (exact) mass is 655 g/mol. The predicted octanol–water partition coefficient (Wildman–Crippen LogP) is 8.76. The predicted molar refractivity (Wildman–Crippen MR) is 188 cm³/mol. The van der Waals surface area contributed by atoms with Crippen LogP contribution in [0.1, 0.15) is 104 Å². The number of fused-ring (bicyclic) bond motifs is 1. The number of hydrogen-bond donors (Lipinski definition) is 1. The molecule has 46 heavy (non-hydrogen) atoms. The van der Waals surface area contributed by atoms with Crippen LogP contribution in [0.2, 0.25) is 21.6 Å². The molecular weight excluding hydrogens is 610 g/mol. The van der Waals surface area contributed by atoms with E-state index in [1.165, 1.54) is 6.92 Å². The topological polar surface area (TPSA) is 66.8 Å². The normalized spacial score (nSPS) is 18.6. The van der Waals surface area contributed by atoms with Crippen molar-refractivity contribution in [2.75, 3.05) is 13.2 Å². The van der Waals surface area contributed by atoms with Gasteiger partial charge in [0.2, 0.25) is 0 Å². The van der Waals surface area contributed by atoms with Crippen molar-refractivity contribution in [3.63, 3.8) is 0 Å². The molecule has 1 saturated carbocycles. The minimum atomic E-state index is -1.88. The number of nitrogens with zero attached hydrogens (tertiary/aromatic N) is 1. The summed E-state index contributed by atoms with van der Waals surface area (Å²) in [6.45, 7) is 16.0. The van der Waals surface area contributed by atoms with Crippen LogP contribution in [-0.4, -0.2) is 43.0 Å². The summed E-state index contributed by atoms with van der Waals surface area (Å²) in [5.74, 6) is 3.20. The van der Waals surface area contributed by atoms with Crippen LogP contribution in [0.5, 0.6) is 0 Å². The highest BCUT2D eigenvalue weighted by Crippen LogP contribution is 2.51. The second-order valence-corrected chi connectivity index (χ2v) is 20.2. The Kier molecular flexibility index (Phi) is 9.74. The van der Waals surface area contributed by atoms with Crippen molar-refractivity contribution in [1.29, 1.82) is 0 Å². The van der Waals surface area contributed by atoms with Crippen LogP contribution in [0.3, 0.4) is 0 Å². The van der Waals surface area contributed by atoms with Gasteiger partial charge in [0.25, 0.3) is 5.91 Å². The Balaban J connectivity index is 1.57. The fourth-order valence-electron chi connectivity index (χ4n) is 7.35. The minimum absolute atomic E-state index is 0.0187. The van der Waals surface area contributed by atoms with Gasteiger partial charge in [0, 0.05) is 44.8 Å². The fourth-order valence-corrected chi connectivity index (χ4v) is 12.7. The van der Waals surface area contributed by atoms with Crippen LogP contribution in [0.4, 0.5) is 0 Å². The molecule has 2 aliphatic rings. The maximum atomic E-state index is 14.4. The first-order valence-electron chi connectivity index (χ1n) is 16.4. The van der Waals surface area contributed by atoms with Gasteiger partial charge < -0.3 is 9.84 Å². The van der Waals surface area contributed by atoms with Gasteiger partial charge in [-0.1, -0.05) is 95.5 Å². The summed E-state index contributed by atoms with van der Waals surface area (Å²) in [7, 11) is -1.88. The number of benzene rings is 3. The van der Waals surface area contributed by atoms with E-state index < -0.39 is 13.8 Å². The van der Waals surface area contributed by atoms with Gasteiger partial charge in [0.15, 0.2) is 11.5 Å². The molecule has 7 heteroatoms. The first-order valence-corrected chi connectivity index (χ1v) is 19.0. The highest BCUT2D eigenvalue weighted by molar-refractivity contribution is 6.90. The molecule has 1 atom stereocenters. The Morgan fingerprint density at radius 2 is 1.57 bits per heavy atom. The minimum Gasteiger partial charge on any atom is -0.396 e. The van der Waals surface area contributed by atoms with Crippen LogP contribution in [-0.2, 0) is 17.0 Å². The Bertz CT molecular complexity index is 1640. The summed E-state index contributed by atoms with van der Waals surface area (Å²) in [4.78, 5) is 28.5. The summed E-state index contributed by atoms with van der Waals surface area (Å²) in [5.41, 5.74) is 8.10. The standard InChI is InChI=1S/C39H46ClNO4Si/c1-26(2)46(27(3)4,28(5)6)21-18-30-8-10-31(11-9-30)23-41-37(44)35-22-32(29(7)43)12-17-36(35)39(41,33-13-15-34(40)16-14-33)45-25-38(24-42)19-20-38/h8-17,22,26-28,42H,19-20,23-25H2,1-7H3. The van der Waals surface area contributed by atoms with Gasteiger partial charge in [-0.2, -0.15) is 0 Å². The molecule has 3 aromatic carbocycles. The second-order valence-electron chi connectivity index (χ2n) is 14.1. The molecule has 1 aliphatic heterocycles. The van der Waals surface area contributed by atoms with Gasteiger partial charge in [-0.3, -0.25) is 14.5 Å². The Hall–Kier alpha value is -3.21. The highest BCUT2D eigenvalue weighted by atomic mass is 35.5. The van der Waals surface area contributed by atoms with Crippen LogP contribution in [0.25, 0.3) is 0 Å².